The first kappa shape index (κ1) is 25.9. The molecule has 1 N–H and O–H groups in total. The molecule has 0 fully saturated rings. The molecule has 0 heterocycles. The van der Waals surface area contributed by atoms with Crippen LogP contribution in [-0.2, 0) is 19.9 Å². The van der Waals surface area contributed by atoms with Gasteiger partial charge < -0.3 is 4.74 Å². The van der Waals surface area contributed by atoms with Crippen LogP contribution in [0.1, 0.15) is 33.7 Å². The van der Waals surface area contributed by atoms with Gasteiger partial charge in [0, 0.05) is 12.5 Å². The van der Waals surface area contributed by atoms with Gasteiger partial charge in [0.1, 0.15) is 5.75 Å². The van der Waals surface area contributed by atoms with E-state index in [2.05, 4.69) is 4.72 Å². The van der Waals surface area contributed by atoms with Crippen LogP contribution in [0.15, 0.2) is 70.5 Å². The van der Waals surface area contributed by atoms with Crippen LogP contribution in [-0.4, -0.2) is 36.2 Å². The van der Waals surface area contributed by atoms with E-state index in [1.807, 2.05) is 26.0 Å². The van der Waals surface area contributed by atoms with Gasteiger partial charge in [0.05, 0.1) is 22.7 Å². The fraction of sp³-hybridized carbons (Fsp3) is 0.308. The SMILES string of the molecule is COc1ccc(C(CNS(=O)(=O)c2c(C)cc(C)cc2C)CS(=O)(=O)c2ccc(C)cc2)cc1. The molecule has 0 radical (unpaired) electrons. The quantitative estimate of drug-likeness (QED) is 0.467. The van der Waals surface area contributed by atoms with Gasteiger partial charge in [-0.1, -0.05) is 47.5 Å². The highest BCUT2D eigenvalue weighted by Crippen LogP contribution is 2.26. The molecule has 8 heteroatoms. The zero-order chi connectivity index (χ0) is 25.1. The number of ether oxygens (including phenoxy) is 1. The zero-order valence-electron chi connectivity index (χ0n) is 20.1. The fourth-order valence-corrected chi connectivity index (χ4v) is 7.24. The van der Waals surface area contributed by atoms with Gasteiger partial charge in [0.15, 0.2) is 9.84 Å². The summed E-state index contributed by atoms with van der Waals surface area (Å²) < 4.78 is 60.7. The highest BCUT2D eigenvalue weighted by Gasteiger charge is 2.26. The maximum absolute atomic E-state index is 13.2. The van der Waals surface area contributed by atoms with Crippen LogP contribution in [0.4, 0.5) is 0 Å². The third kappa shape index (κ3) is 6.05. The molecule has 0 aromatic heterocycles. The second-order valence-corrected chi connectivity index (χ2v) is 12.4. The van der Waals surface area contributed by atoms with Crippen molar-refractivity contribution in [1.29, 1.82) is 0 Å². The summed E-state index contributed by atoms with van der Waals surface area (Å²) in [4.78, 5) is 0.442. The summed E-state index contributed by atoms with van der Waals surface area (Å²) >= 11 is 0. The molecule has 182 valence electrons. The normalized spacial score (nSPS) is 13.0. The van der Waals surface area contributed by atoms with E-state index >= 15 is 0 Å². The molecule has 3 aromatic carbocycles. The van der Waals surface area contributed by atoms with Gasteiger partial charge in [-0.05, 0) is 68.7 Å². The van der Waals surface area contributed by atoms with Crippen LogP contribution < -0.4 is 9.46 Å². The molecule has 3 aromatic rings. The number of sulfonamides is 1. The standard InChI is InChI=1S/C26H31NO5S2/c1-18-6-12-25(13-7-18)33(28,29)17-23(22-8-10-24(32-5)11-9-22)16-27-34(30,31)26-20(3)14-19(2)15-21(26)4/h6-15,23,27H,16-17H2,1-5H3. The molecule has 1 unspecified atom stereocenters. The molecule has 0 aliphatic rings. The first-order valence-electron chi connectivity index (χ1n) is 10.9. The molecule has 6 nitrogen and oxygen atoms in total. The zero-order valence-corrected chi connectivity index (χ0v) is 21.8. The van der Waals surface area contributed by atoms with E-state index in [9.17, 15) is 16.8 Å². The number of nitrogens with one attached hydrogen (secondary N) is 1. The van der Waals surface area contributed by atoms with Crippen LogP contribution in [0.5, 0.6) is 5.75 Å². The van der Waals surface area contributed by atoms with Crippen molar-refractivity contribution >= 4 is 19.9 Å². The second-order valence-electron chi connectivity index (χ2n) is 8.64. The van der Waals surface area contributed by atoms with E-state index in [0.717, 1.165) is 11.1 Å². The van der Waals surface area contributed by atoms with Crippen molar-refractivity contribution < 1.29 is 21.6 Å². The Labute approximate surface area is 203 Å². The molecule has 0 bridgehead atoms. The van der Waals surface area contributed by atoms with Crippen molar-refractivity contribution in [3.05, 3.63) is 88.5 Å². The Hall–Kier alpha value is -2.68. The molecule has 0 aliphatic heterocycles. The number of sulfone groups is 1. The molecule has 3 rings (SSSR count). The number of benzene rings is 3. The monoisotopic (exact) mass is 501 g/mol. The lowest BCUT2D eigenvalue weighted by Gasteiger charge is -2.20. The second kappa shape index (κ2) is 10.3. The highest BCUT2D eigenvalue weighted by molar-refractivity contribution is 7.91. The summed E-state index contributed by atoms with van der Waals surface area (Å²) in [5, 5.41) is 0. The van der Waals surface area contributed by atoms with Crippen molar-refractivity contribution in [2.75, 3.05) is 19.4 Å². The number of hydrogen-bond acceptors (Lipinski definition) is 5. The van der Waals surface area contributed by atoms with E-state index in [-0.39, 0.29) is 22.1 Å². The van der Waals surface area contributed by atoms with E-state index < -0.39 is 25.8 Å². The molecule has 0 amide bonds. The van der Waals surface area contributed by atoms with Crippen LogP contribution >= 0.6 is 0 Å². The van der Waals surface area contributed by atoms with Gasteiger partial charge in [0.25, 0.3) is 0 Å². The molecule has 0 aliphatic carbocycles. The minimum absolute atomic E-state index is 0.0630. The summed E-state index contributed by atoms with van der Waals surface area (Å²) in [6.07, 6.45) is 0. The predicted molar refractivity (Wildman–Crippen MR) is 135 cm³/mol. The summed E-state index contributed by atoms with van der Waals surface area (Å²) in [6.45, 7) is 7.26. The van der Waals surface area contributed by atoms with Crippen molar-refractivity contribution in [3.63, 3.8) is 0 Å². The van der Waals surface area contributed by atoms with Gasteiger partial charge in [-0.15, -0.1) is 0 Å². The van der Waals surface area contributed by atoms with E-state index in [1.54, 1.807) is 69.5 Å². The van der Waals surface area contributed by atoms with Crippen molar-refractivity contribution in [2.24, 2.45) is 0 Å². The van der Waals surface area contributed by atoms with Gasteiger partial charge in [-0.2, -0.15) is 0 Å². The lowest BCUT2D eigenvalue weighted by atomic mass is 10.0. The van der Waals surface area contributed by atoms with Gasteiger partial charge in [0.2, 0.25) is 10.0 Å². The minimum atomic E-state index is -3.85. The summed E-state index contributed by atoms with van der Waals surface area (Å²) in [5.74, 6) is -0.204. The highest BCUT2D eigenvalue weighted by atomic mass is 32.2. The van der Waals surface area contributed by atoms with Crippen LogP contribution in [0.3, 0.4) is 0 Å². The summed E-state index contributed by atoms with van der Waals surface area (Å²) in [7, 11) is -5.96. The predicted octanol–water partition coefficient (Wildman–Crippen LogP) is 4.46. The average Bonchev–Trinajstić information content (AvgIpc) is 2.76. The Balaban J connectivity index is 1.93. The minimum Gasteiger partial charge on any atom is -0.497 e. The lowest BCUT2D eigenvalue weighted by molar-refractivity contribution is 0.414. The van der Waals surface area contributed by atoms with Crippen LogP contribution in [0.2, 0.25) is 0 Å². The number of rotatable bonds is 9. The lowest BCUT2D eigenvalue weighted by Crippen LogP contribution is -2.32. The first-order valence-corrected chi connectivity index (χ1v) is 14.1. The van der Waals surface area contributed by atoms with Crippen molar-refractivity contribution in [2.45, 2.75) is 43.4 Å². The van der Waals surface area contributed by atoms with Gasteiger partial charge in [-0.3, -0.25) is 0 Å². The molecule has 0 saturated heterocycles. The topological polar surface area (TPSA) is 89.5 Å². The molecular formula is C26H31NO5S2. The average molecular weight is 502 g/mol. The smallest absolute Gasteiger partial charge is 0.241 e. The maximum atomic E-state index is 13.2. The number of methoxy groups -OCH3 is 1. The summed E-state index contributed by atoms with van der Waals surface area (Å²) in [5.41, 5.74) is 3.95. The van der Waals surface area contributed by atoms with E-state index in [4.69, 9.17) is 4.74 Å². The largest absolute Gasteiger partial charge is 0.497 e. The van der Waals surface area contributed by atoms with Gasteiger partial charge >= 0.3 is 0 Å². The third-order valence-corrected chi connectivity index (χ3v) is 9.34. The molecule has 0 spiro atoms. The molecule has 1 atom stereocenters. The molecular weight excluding hydrogens is 470 g/mol. The Morgan fingerprint density at radius 1 is 0.794 bits per heavy atom. The fourth-order valence-electron chi connectivity index (χ4n) is 4.13. The van der Waals surface area contributed by atoms with Crippen LogP contribution in [0.25, 0.3) is 0 Å². The third-order valence-electron chi connectivity index (χ3n) is 5.78. The van der Waals surface area contributed by atoms with Gasteiger partial charge in [-0.25, -0.2) is 21.6 Å². The number of aryl methyl sites for hydroxylation is 4. The van der Waals surface area contributed by atoms with E-state index in [0.29, 0.717) is 22.4 Å². The Bertz CT molecular complexity index is 1340. The Morgan fingerprint density at radius 2 is 1.35 bits per heavy atom. The Kier molecular flexibility index (Phi) is 7.85. The molecule has 34 heavy (non-hydrogen) atoms. The van der Waals surface area contributed by atoms with Crippen molar-refractivity contribution in [3.8, 4) is 5.75 Å². The Morgan fingerprint density at radius 3 is 1.88 bits per heavy atom. The van der Waals surface area contributed by atoms with Crippen molar-refractivity contribution in [1.82, 2.24) is 4.72 Å². The number of hydrogen-bond donors (Lipinski definition) is 1. The van der Waals surface area contributed by atoms with E-state index in [1.165, 1.54) is 0 Å². The van der Waals surface area contributed by atoms with Crippen LogP contribution in [0, 0.1) is 27.7 Å². The first-order chi connectivity index (χ1) is 15.9. The molecule has 0 saturated carbocycles. The maximum Gasteiger partial charge on any atom is 0.241 e. The summed E-state index contributed by atoms with van der Waals surface area (Å²) in [6, 6.07) is 17.3.